The Labute approximate surface area is 266 Å². The van der Waals surface area contributed by atoms with Crippen LogP contribution in [-0.4, -0.2) is 117 Å². The quantitative estimate of drug-likeness (QED) is 0.189. The lowest BCUT2D eigenvalue weighted by atomic mass is 9.85. The molecule has 12 nitrogen and oxygen atoms in total. The van der Waals surface area contributed by atoms with E-state index in [0.717, 1.165) is 75.4 Å². The number of aryl methyl sites for hydroxylation is 1. The van der Waals surface area contributed by atoms with Gasteiger partial charge in [0.2, 0.25) is 0 Å². The number of unbranched alkanes of at least 4 members (excludes halogenated alkanes) is 1. The molecule has 2 aliphatic heterocycles. The zero-order valence-electron chi connectivity index (χ0n) is 26.8. The van der Waals surface area contributed by atoms with E-state index in [1.54, 1.807) is 6.26 Å². The third-order valence-electron chi connectivity index (χ3n) is 8.39. The second-order valence-electron chi connectivity index (χ2n) is 12.8. The summed E-state index contributed by atoms with van der Waals surface area (Å²) in [5.41, 5.74) is 13.4. The summed E-state index contributed by atoms with van der Waals surface area (Å²) in [7, 11) is -1.69. The number of furan rings is 1. The lowest BCUT2D eigenvalue weighted by Crippen LogP contribution is -2.48. The van der Waals surface area contributed by atoms with Gasteiger partial charge in [-0.15, -0.1) is 11.3 Å². The minimum Gasteiger partial charge on any atom is -0.504 e. The number of piperazine rings is 2. The van der Waals surface area contributed by atoms with Gasteiger partial charge in [0.25, 0.3) is 10.0 Å². The molecule has 4 rings (SSSR count). The van der Waals surface area contributed by atoms with Crippen molar-refractivity contribution < 1.29 is 17.9 Å². The molecule has 2 saturated heterocycles. The van der Waals surface area contributed by atoms with Gasteiger partial charge in [-0.2, -0.15) is 4.31 Å². The maximum atomic E-state index is 13.2. The Kier molecular flexibility index (Phi) is 11.5. The van der Waals surface area contributed by atoms with E-state index in [0.29, 0.717) is 31.9 Å². The molecule has 0 bridgehead atoms. The van der Waals surface area contributed by atoms with Crippen molar-refractivity contribution in [3.63, 3.8) is 0 Å². The number of aliphatic imine (C=N–C) groups is 2. The van der Waals surface area contributed by atoms with Crippen LogP contribution in [0.4, 0.5) is 5.69 Å². The van der Waals surface area contributed by atoms with Gasteiger partial charge in [0.05, 0.1) is 6.26 Å². The molecule has 2 aromatic rings. The molecule has 44 heavy (non-hydrogen) atoms. The Morgan fingerprint density at radius 3 is 2.34 bits per heavy atom. The second kappa shape index (κ2) is 14.7. The summed E-state index contributed by atoms with van der Waals surface area (Å²) in [6, 6.07) is 1.61. The van der Waals surface area contributed by atoms with E-state index in [-0.39, 0.29) is 27.0 Å². The molecule has 0 aliphatic carbocycles. The minimum atomic E-state index is -3.86. The maximum Gasteiger partial charge on any atom is 0.256 e. The normalized spacial score (nSPS) is 19.9. The Morgan fingerprint density at radius 2 is 1.70 bits per heavy atom. The number of likely N-dealkylation sites (N-methyl/N-ethyl adjacent to an activating group) is 2. The van der Waals surface area contributed by atoms with Crippen molar-refractivity contribution in [2.24, 2.45) is 26.9 Å². The first-order chi connectivity index (χ1) is 20.8. The van der Waals surface area contributed by atoms with E-state index in [1.165, 1.54) is 9.69 Å². The predicted molar refractivity (Wildman–Crippen MR) is 178 cm³/mol. The molecule has 2 aliphatic rings. The fraction of sp³-hybridized carbons (Fsp3) is 0.667. The maximum absolute atomic E-state index is 13.2. The van der Waals surface area contributed by atoms with Crippen molar-refractivity contribution in [1.29, 1.82) is 0 Å². The zero-order chi connectivity index (χ0) is 32.1. The zero-order valence-corrected chi connectivity index (χ0v) is 28.5. The predicted octanol–water partition coefficient (Wildman–Crippen LogP) is 3.08. The summed E-state index contributed by atoms with van der Waals surface area (Å²) in [4.78, 5) is 16.0. The monoisotopic (exact) mass is 650 g/mol. The van der Waals surface area contributed by atoms with Crippen LogP contribution >= 0.6 is 11.3 Å². The largest absolute Gasteiger partial charge is 0.504 e. The van der Waals surface area contributed by atoms with E-state index in [9.17, 15) is 13.5 Å². The van der Waals surface area contributed by atoms with Gasteiger partial charge in [0.15, 0.2) is 21.6 Å². The molecule has 0 spiro atoms. The van der Waals surface area contributed by atoms with Crippen molar-refractivity contribution in [3.05, 3.63) is 29.0 Å². The van der Waals surface area contributed by atoms with Crippen LogP contribution < -0.4 is 11.5 Å². The average Bonchev–Trinajstić information content (AvgIpc) is 3.60. The van der Waals surface area contributed by atoms with Crippen LogP contribution in [0, 0.1) is 5.41 Å². The van der Waals surface area contributed by atoms with Crippen LogP contribution in [0.15, 0.2) is 36.3 Å². The lowest BCUT2D eigenvalue weighted by molar-refractivity contribution is 0.152. The van der Waals surface area contributed by atoms with E-state index in [2.05, 4.69) is 31.7 Å². The third-order valence-corrected chi connectivity index (χ3v) is 11.8. The lowest BCUT2D eigenvalue weighted by Gasteiger charge is -2.32. The summed E-state index contributed by atoms with van der Waals surface area (Å²) in [6.45, 7) is 16.7. The number of aromatic hydroxyl groups is 1. The standard InChI is InChI=1S/C30H50N8O4S2/c1-6-36-15-17-38(18-16-36)44(40,41)29-25(39)23(21-43-29)33-27(31)28(32)34-26(30(2,3)4)24-19-22(20-42-24)9-7-8-10-37-13-11-35(5)12-14-37/h19-21,26,39H,6-18H2,1-5H3,(H2,31,33)(H2,32,34)/t26-/m0/s1. The molecule has 0 aromatic carbocycles. The first-order valence-electron chi connectivity index (χ1n) is 15.5. The number of nitrogens with two attached hydrogens (primary N) is 2. The molecule has 0 unspecified atom stereocenters. The highest BCUT2D eigenvalue weighted by Gasteiger charge is 2.33. The summed E-state index contributed by atoms with van der Waals surface area (Å²) in [5, 5.41) is 12.3. The Bertz CT molecular complexity index is 1400. The SMILES string of the molecule is CCN1CCN(S(=O)(=O)c2scc(N=C(N)C(N)=N[C@@H](c3cc(CCCCN4CCN(C)CC4)co3)C(C)(C)C)c2O)CC1. The van der Waals surface area contributed by atoms with Crippen LogP contribution in [0.2, 0.25) is 0 Å². The molecule has 14 heteroatoms. The molecule has 2 fully saturated rings. The summed E-state index contributed by atoms with van der Waals surface area (Å²) < 4.78 is 33.7. The van der Waals surface area contributed by atoms with Crippen molar-refractivity contribution in [3.8, 4) is 5.75 Å². The van der Waals surface area contributed by atoms with Gasteiger partial charge in [-0.25, -0.2) is 13.4 Å². The number of hydrogen-bond donors (Lipinski definition) is 3. The van der Waals surface area contributed by atoms with Gasteiger partial charge in [-0.05, 0) is 56.4 Å². The van der Waals surface area contributed by atoms with Crippen LogP contribution in [0.25, 0.3) is 0 Å². The Hall–Kier alpha value is -2.49. The molecule has 246 valence electrons. The van der Waals surface area contributed by atoms with E-state index >= 15 is 0 Å². The highest BCUT2D eigenvalue weighted by atomic mass is 32.2. The molecule has 1 atom stereocenters. The van der Waals surface area contributed by atoms with E-state index in [4.69, 9.17) is 15.9 Å². The fourth-order valence-electron chi connectivity index (χ4n) is 5.47. The molecule has 0 saturated carbocycles. The number of rotatable bonds is 11. The molecule has 0 radical (unpaired) electrons. The Morgan fingerprint density at radius 1 is 1.05 bits per heavy atom. The third kappa shape index (κ3) is 8.61. The van der Waals surface area contributed by atoms with Crippen LogP contribution in [0.5, 0.6) is 5.75 Å². The van der Waals surface area contributed by atoms with E-state index in [1.807, 2.05) is 33.8 Å². The van der Waals surface area contributed by atoms with Crippen LogP contribution in [-0.2, 0) is 16.4 Å². The van der Waals surface area contributed by atoms with E-state index < -0.39 is 21.8 Å². The number of amidine groups is 2. The number of thiophene rings is 1. The number of nitrogens with zero attached hydrogens (tertiary/aromatic N) is 6. The smallest absolute Gasteiger partial charge is 0.256 e. The molecule has 5 N–H and O–H groups in total. The number of hydrogen-bond acceptors (Lipinski definition) is 10. The van der Waals surface area contributed by atoms with Crippen LogP contribution in [0.1, 0.15) is 57.9 Å². The van der Waals surface area contributed by atoms with Crippen molar-refractivity contribution in [1.82, 2.24) is 19.0 Å². The molecule has 0 amide bonds. The molecular weight excluding hydrogens is 601 g/mol. The summed E-state index contributed by atoms with van der Waals surface area (Å²) >= 11 is 0.915. The highest BCUT2D eigenvalue weighted by Crippen LogP contribution is 2.41. The van der Waals surface area contributed by atoms with Gasteiger partial charge < -0.3 is 35.7 Å². The van der Waals surface area contributed by atoms with Crippen molar-refractivity contribution in [2.75, 3.05) is 72.5 Å². The molecule has 4 heterocycles. The Balaban J connectivity index is 1.41. The van der Waals surface area contributed by atoms with Gasteiger partial charge in [-0.1, -0.05) is 27.7 Å². The van der Waals surface area contributed by atoms with Gasteiger partial charge >= 0.3 is 0 Å². The van der Waals surface area contributed by atoms with Gasteiger partial charge in [-0.3, -0.25) is 4.99 Å². The number of sulfonamides is 1. The van der Waals surface area contributed by atoms with Crippen molar-refractivity contribution >= 4 is 38.7 Å². The van der Waals surface area contributed by atoms with Gasteiger partial charge in [0, 0.05) is 57.7 Å². The first-order valence-corrected chi connectivity index (χ1v) is 17.8. The first kappa shape index (κ1) is 34.4. The minimum absolute atomic E-state index is 0.0132. The average molecular weight is 651 g/mol. The van der Waals surface area contributed by atoms with Crippen molar-refractivity contribution in [2.45, 2.75) is 57.2 Å². The topological polar surface area (TPSA) is 157 Å². The van der Waals surface area contributed by atoms with Gasteiger partial charge in [0.1, 0.15) is 17.5 Å². The summed E-state index contributed by atoms with van der Waals surface area (Å²) in [5.74, 6) is 0.140. The molecular formula is C30H50N8O4S2. The molecule has 2 aromatic heterocycles. The fourth-order valence-corrected chi connectivity index (χ4v) is 8.25. The highest BCUT2D eigenvalue weighted by molar-refractivity contribution is 7.91. The second-order valence-corrected chi connectivity index (χ2v) is 15.8. The summed E-state index contributed by atoms with van der Waals surface area (Å²) in [6.07, 6.45) is 4.93. The van der Waals surface area contributed by atoms with Crippen LogP contribution in [0.3, 0.4) is 0 Å².